The molecule has 0 spiro atoms. The minimum atomic E-state index is -0.113. The monoisotopic (exact) mass is 317 g/mol. The zero-order chi connectivity index (χ0) is 16.4. The molecule has 2 aliphatic rings. The molecule has 0 bridgehead atoms. The Balaban J connectivity index is 1.59. The van der Waals surface area contributed by atoms with E-state index in [4.69, 9.17) is 4.74 Å². The number of piperidine rings is 1. The largest absolute Gasteiger partial charge is 0.469 e. The summed E-state index contributed by atoms with van der Waals surface area (Å²) in [5, 5.41) is 0. The van der Waals surface area contributed by atoms with Gasteiger partial charge in [0.05, 0.1) is 26.1 Å². The fraction of sp³-hybridized carbons (Fsp3) is 0.556. The fourth-order valence-corrected chi connectivity index (χ4v) is 3.85. The summed E-state index contributed by atoms with van der Waals surface area (Å²) in [7, 11) is 1.44. The van der Waals surface area contributed by atoms with Crippen LogP contribution in [0.4, 0.5) is 5.69 Å². The molecule has 23 heavy (non-hydrogen) atoms. The number of hydrogen-bond acceptors (Lipinski definition) is 3. The average molecular weight is 317 g/mol. The molecule has 0 saturated carbocycles. The molecule has 2 aliphatic heterocycles. The lowest BCUT2D eigenvalue weighted by molar-refractivity contribution is -0.897. The third kappa shape index (κ3) is 3.24. The van der Waals surface area contributed by atoms with Gasteiger partial charge in [-0.25, -0.2) is 0 Å². The summed E-state index contributed by atoms with van der Waals surface area (Å²) >= 11 is 0. The third-order valence-corrected chi connectivity index (χ3v) is 5.10. The van der Waals surface area contributed by atoms with Crippen LogP contribution in [0.5, 0.6) is 0 Å². The molecule has 0 unspecified atom stereocenters. The highest BCUT2D eigenvalue weighted by Gasteiger charge is 2.34. The normalized spacial score (nSPS) is 26.7. The summed E-state index contributed by atoms with van der Waals surface area (Å²) in [5.41, 5.74) is 2.32. The van der Waals surface area contributed by atoms with Crippen LogP contribution in [0.1, 0.15) is 25.3 Å². The maximum atomic E-state index is 12.8. The number of anilines is 1. The summed E-state index contributed by atoms with van der Waals surface area (Å²) in [5.74, 6) is 0.0803. The first-order valence-corrected chi connectivity index (χ1v) is 8.41. The van der Waals surface area contributed by atoms with Crippen molar-refractivity contribution >= 4 is 17.6 Å². The Hall–Kier alpha value is -1.88. The number of carbonyl (C=O) groups is 2. The number of esters is 1. The van der Waals surface area contributed by atoms with Crippen molar-refractivity contribution in [1.29, 1.82) is 0 Å². The van der Waals surface area contributed by atoms with Crippen LogP contribution in [-0.2, 0) is 20.7 Å². The molecule has 5 heteroatoms. The van der Waals surface area contributed by atoms with E-state index in [0.717, 1.165) is 38.0 Å². The van der Waals surface area contributed by atoms with Crippen LogP contribution in [0, 0.1) is 5.92 Å². The van der Waals surface area contributed by atoms with E-state index in [1.165, 1.54) is 17.6 Å². The number of quaternary nitrogens is 1. The molecular formula is C18H25N2O3+. The second-order valence-electron chi connectivity index (χ2n) is 6.67. The van der Waals surface area contributed by atoms with Crippen LogP contribution in [0.15, 0.2) is 24.3 Å². The average Bonchev–Trinajstić information content (AvgIpc) is 2.90. The Labute approximate surface area is 137 Å². The molecule has 1 aromatic rings. The van der Waals surface area contributed by atoms with E-state index in [-0.39, 0.29) is 23.8 Å². The predicted molar refractivity (Wildman–Crippen MR) is 87.4 cm³/mol. The second kappa shape index (κ2) is 6.71. The summed E-state index contributed by atoms with van der Waals surface area (Å²) in [4.78, 5) is 27.6. The van der Waals surface area contributed by atoms with Crippen molar-refractivity contribution in [2.45, 2.75) is 32.2 Å². The first kappa shape index (κ1) is 16.0. The minimum absolute atomic E-state index is 0.00490. The molecule has 0 radical (unpaired) electrons. The number of methoxy groups -OCH3 is 1. The number of fused-ring (bicyclic) bond motifs is 1. The number of hydrogen-bond donors (Lipinski definition) is 1. The molecule has 0 aliphatic carbocycles. The topological polar surface area (TPSA) is 51.1 Å². The van der Waals surface area contributed by atoms with Gasteiger partial charge in [0.15, 0.2) is 6.54 Å². The second-order valence-corrected chi connectivity index (χ2v) is 6.67. The van der Waals surface area contributed by atoms with Crippen LogP contribution in [0.25, 0.3) is 0 Å². The van der Waals surface area contributed by atoms with Gasteiger partial charge in [-0.05, 0) is 25.0 Å². The number of ether oxygens (including phenoxy) is 1. The predicted octanol–water partition coefficient (Wildman–Crippen LogP) is 0.432. The highest BCUT2D eigenvalue weighted by Crippen LogP contribution is 2.31. The van der Waals surface area contributed by atoms with Crippen LogP contribution in [0.3, 0.4) is 0 Å². The molecule has 1 aromatic carbocycles. The van der Waals surface area contributed by atoms with Gasteiger partial charge in [-0.2, -0.15) is 0 Å². The van der Waals surface area contributed by atoms with E-state index < -0.39 is 0 Å². The Morgan fingerprint density at radius 2 is 1.96 bits per heavy atom. The SMILES string of the molecule is COC(=O)C1CC[NH+](CC(=O)N2c3ccccc3C[C@H]2C)CC1. The maximum absolute atomic E-state index is 12.8. The number of benzene rings is 1. The summed E-state index contributed by atoms with van der Waals surface area (Å²) < 4.78 is 4.82. The van der Waals surface area contributed by atoms with E-state index in [1.807, 2.05) is 23.1 Å². The molecule has 3 rings (SSSR count). The molecule has 124 valence electrons. The Morgan fingerprint density at radius 1 is 1.26 bits per heavy atom. The smallest absolute Gasteiger partial charge is 0.309 e. The van der Waals surface area contributed by atoms with Gasteiger partial charge in [0.2, 0.25) is 0 Å². The Bertz CT molecular complexity index is 594. The van der Waals surface area contributed by atoms with E-state index in [1.54, 1.807) is 0 Å². The number of amides is 1. The van der Waals surface area contributed by atoms with Crippen molar-refractivity contribution in [3.63, 3.8) is 0 Å². The summed E-state index contributed by atoms with van der Waals surface area (Å²) in [6, 6.07) is 8.39. The number of carbonyl (C=O) groups excluding carboxylic acids is 2. The number of likely N-dealkylation sites (tertiary alicyclic amines) is 1. The number of para-hydroxylation sites is 1. The minimum Gasteiger partial charge on any atom is -0.469 e. The highest BCUT2D eigenvalue weighted by molar-refractivity contribution is 5.96. The van der Waals surface area contributed by atoms with Gasteiger partial charge in [-0.3, -0.25) is 9.59 Å². The first-order valence-electron chi connectivity index (χ1n) is 8.41. The van der Waals surface area contributed by atoms with Crippen molar-refractivity contribution in [3.05, 3.63) is 29.8 Å². The van der Waals surface area contributed by atoms with Crippen molar-refractivity contribution in [1.82, 2.24) is 0 Å². The summed E-state index contributed by atoms with van der Waals surface area (Å²) in [6.45, 7) is 4.33. The van der Waals surface area contributed by atoms with Crippen molar-refractivity contribution in [2.24, 2.45) is 5.92 Å². The number of nitrogens with one attached hydrogen (secondary N) is 1. The Kier molecular flexibility index (Phi) is 4.66. The lowest BCUT2D eigenvalue weighted by Crippen LogP contribution is -3.14. The third-order valence-electron chi connectivity index (χ3n) is 5.10. The van der Waals surface area contributed by atoms with E-state index in [0.29, 0.717) is 6.54 Å². The standard InChI is InChI=1S/C18H24N2O3/c1-13-11-15-5-3-4-6-16(15)20(13)17(21)12-19-9-7-14(8-10-19)18(22)23-2/h3-6,13-14H,7-12H2,1-2H3/p+1/t13-/m1/s1. The van der Waals surface area contributed by atoms with E-state index in [9.17, 15) is 9.59 Å². The molecule has 2 heterocycles. The lowest BCUT2D eigenvalue weighted by Gasteiger charge is -2.30. The molecule has 1 atom stereocenters. The van der Waals surface area contributed by atoms with Crippen molar-refractivity contribution in [3.8, 4) is 0 Å². The van der Waals surface area contributed by atoms with Gasteiger partial charge in [0, 0.05) is 24.6 Å². The van der Waals surface area contributed by atoms with E-state index in [2.05, 4.69) is 13.0 Å². The molecular weight excluding hydrogens is 292 g/mol. The van der Waals surface area contributed by atoms with Crippen LogP contribution < -0.4 is 9.80 Å². The molecule has 1 N–H and O–H groups in total. The molecule has 1 fully saturated rings. The fourth-order valence-electron chi connectivity index (χ4n) is 3.85. The van der Waals surface area contributed by atoms with Gasteiger partial charge in [0.25, 0.3) is 5.91 Å². The van der Waals surface area contributed by atoms with Crippen molar-refractivity contribution < 1.29 is 19.2 Å². The highest BCUT2D eigenvalue weighted by atomic mass is 16.5. The maximum Gasteiger partial charge on any atom is 0.309 e. The van der Waals surface area contributed by atoms with Crippen LogP contribution >= 0.6 is 0 Å². The lowest BCUT2D eigenvalue weighted by atomic mass is 9.97. The van der Waals surface area contributed by atoms with Gasteiger partial charge in [-0.1, -0.05) is 18.2 Å². The zero-order valence-electron chi connectivity index (χ0n) is 13.9. The van der Waals surface area contributed by atoms with Gasteiger partial charge >= 0.3 is 5.97 Å². The molecule has 1 amide bonds. The van der Waals surface area contributed by atoms with Crippen molar-refractivity contribution in [2.75, 3.05) is 31.6 Å². The van der Waals surface area contributed by atoms with Crippen LogP contribution in [0.2, 0.25) is 0 Å². The molecule has 5 nitrogen and oxygen atoms in total. The van der Waals surface area contributed by atoms with Crippen LogP contribution in [-0.4, -0.2) is 44.7 Å². The molecule has 1 saturated heterocycles. The molecule has 0 aromatic heterocycles. The van der Waals surface area contributed by atoms with Gasteiger partial charge in [-0.15, -0.1) is 0 Å². The number of nitrogens with zero attached hydrogens (tertiary/aromatic N) is 1. The quantitative estimate of drug-likeness (QED) is 0.823. The Morgan fingerprint density at radius 3 is 2.65 bits per heavy atom. The van der Waals surface area contributed by atoms with Gasteiger partial charge < -0.3 is 14.5 Å². The summed E-state index contributed by atoms with van der Waals surface area (Å²) in [6.07, 6.45) is 2.55. The van der Waals surface area contributed by atoms with Gasteiger partial charge in [0.1, 0.15) is 0 Å². The zero-order valence-corrected chi connectivity index (χ0v) is 13.9. The number of rotatable bonds is 3. The first-order chi connectivity index (χ1) is 11.1. The van der Waals surface area contributed by atoms with E-state index >= 15 is 0 Å².